The van der Waals surface area contributed by atoms with Crippen LogP contribution >= 0.6 is 22.9 Å². The van der Waals surface area contributed by atoms with Gasteiger partial charge in [0.05, 0.1) is 16.3 Å². The van der Waals surface area contributed by atoms with Crippen molar-refractivity contribution in [3.63, 3.8) is 0 Å². The molecule has 0 spiro atoms. The molecular formula is C14H8ClN3S. The first kappa shape index (κ1) is 12.0. The number of thiophene rings is 1. The molecule has 0 aliphatic rings. The molecule has 0 aliphatic carbocycles. The fourth-order valence-corrected chi connectivity index (χ4v) is 2.75. The summed E-state index contributed by atoms with van der Waals surface area (Å²) in [4.78, 5) is 1.06. The first-order chi connectivity index (χ1) is 9.28. The van der Waals surface area contributed by atoms with Gasteiger partial charge in [-0.25, -0.2) is 4.68 Å². The van der Waals surface area contributed by atoms with Gasteiger partial charge in [0.25, 0.3) is 0 Å². The number of nitrogens with zero attached hydrogens (tertiary/aromatic N) is 3. The lowest BCUT2D eigenvalue weighted by atomic mass is 10.3. The molecule has 0 fully saturated rings. The van der Waals surface area contributed by atoms with Crippen molar-refractivity contribution in [3.05, 3.63) is 58.6 Å². The normalized spacial score (nSPS) is 10.3. The van der Waals surface area contributed by atoms with E-state index in [0.717, 1.165) is 16.3 Å². The molecule has 2 aromatic heterocycles. The monoisotopic (exact) mass is 285 g/mol. The summed E-state index contributed by atoms with van der Waals surface area (Å²) in [7, 11) is 0. The Balaban J connectivity index is 2.21. The van der Waals surface area contributed by atoms with E-state index in [1.807, 2.05) is 41.8 Å². The van der Waals surface area contributed by atoms with Crippen LogP contribution < -0.4 is 0 Å². The van der Waals surface area contributed by atoms with Crippen LogP contribution in [0.3, 0.4) is 0 Å². The molecule has 0 amide bonds. The van der Waals surface area contributed by atoms with E-state index in [-0.39, 0.29) is 0 Å². The standard InChI is InChI=1S/C14H8ClN3S/c15-10-3-1-4-12(7-10)18-13(8-11(9-16)17-18)14-5-2-6-19-14/h1-8H. The van der Waals surface area contributed by atoms with E-state index in [0.29, 0.717) is 10.7 Å². The number of nitriles is 1. The highest BCUT2D eigenvalue weighted by Crippen LogP contribution is 2.28. The van der Waals surface area contributed by atoms with Gasteiger partial charge in [0.2, 0.25) is 0 Å². The number of benzene rings is 1. The van der Waals surface area contributed by atoms with Gasteiger partial charge in [0.15, 0.2) is 5.69 Å². The van der Waals surface area contributed by atoms with Gasteiger partial charge in [0.1, 0.15) is 6.07 Å². The van der Waals surface area contributed by atoms with Gasteiger partial charge < -0.3 is 0 Å². The Morgan fingerprint density at radius 3 is 2.79 bits per heavy atom. The number of hydrogen-bond acceptors (Lipinski definition) is 3. The van der Waals surface area contributed by atoms with Gasteiger partial charge in [-0.2, -0.15) is 10.4 Å². The second-order valence-corrected chi connectivity index (χ2v) is 5.28. The van der Waals surface area contributed by atoms with Crippen molar-refractivity contribution >= 4 is 22.9 Å². The second kappa shape index (κ2) is 4.88. The number of rotatable bonds is 2. The smallest absolute Gasteiger partial charge is 0.163 e. The highest BCUT2D eigenvalue weighted by molar-refractivity contribution is 7.13. The molecule has 0 radical (unpaired) electrons. The van der Waals surface area contributed by atoms with Gasteiger partial charge in [0, 0.05) is 11.1 Å². The zero-order valence-electron chi connectivity index (χ0n) is 9.75. The summed E-state index contributed by atoms with van der Waals surface area (Å²) in [6, 6.07) is 15.3. The minimum atomic E-state index is 0.392. The predicted molar refractivity (Wildman–Crippen MR) is 76.6 cm³/mol. The van der Waals surface area contributed by atoms with E-state index in [4.69, 9.17) is 16.9 Å². The molecule has 92 valence electrons. The lowest BCUT2D eigenvalue weighted by molar-refractivity contribution is 0.882. The van der Waals surface area contributed by atoms with Crippen LogP contribution in [0, 0.1) is 11.3 Å². The quantitative estimate of drug-likeness (QED) is 0.710. The topological polar surface area (TPSA) is 41.6 Å². The van der Waals surface area contributed by atoms with Crippen LogP contribution in [0.4, 0.5) is 0 Å². The first-order valence-electron chi connectivity index (χ1n) is 5.58. The molecule has 3 aromatic rings. The Hall–Kier alpha value is -2.09. The Bertz CT molecular complexity index is 753. The molecular weight excluding hydrogens is 278 g/mol. The zero-order valence-corrected chi connectivity index (χ0v) is 11.3. The zero-order chi connectivity index (χ0) is 13.2. The van der Waals surface area contributed by atoms with Gasteiger partial charge in [-0.05, 0) is 29.6 Å². The highest BCUT2D eigenvalue weighted by atomic mass is 35.5. The first-order valence-corrected chi connectivity index (χ1v) is 6.83. The molecule has 0 N–H and O–H groups in total. The number of aromatic nitrogens is 2. The average Bonchev–Trinajstić information content (AvgIpc) is 3.07. The molecule has 0 aliphatic heterocycles. The van der Waals surface area contributed by atoms with Crippen molar-refractivity contribution in [1.29, 1.82) is 5.26 Å². The van der Waals surface area contributed by atoms with Gasteiger partial charge >= 0.3 is 0 Å². The summed E-state index contributed by atoms with van der Waals surface area (Å²) in [5.41, 5.74) is 2.13. The minimum absolute atomic E-state index is 0.392. The fraction of sp³-hybridized carbons (Fsp3) is 0. The van der Waals surface area contributed by atoms with Crippen molar-refractivity contribution in [2.24, 2.45) is 0 Å². The van der Waals surface area contributed by atoms with E-state index in [2.05, 4.69) is 11.2 Å². The van der Waals surface area contributed by atoms with Gasteiger partial charge in [-0.1, -0.05) is 23.7 Å². The molecule has 2 heterocycles. The number of halogens is 1. The van der Waals surface area contributed by atoms with Crippen LogP contribution in [0.15, 0.2) is 47.8 Å². The maximum absolute atomic E-state index is 9.03. The summed E-state index contributed by atoms with van der Waals surface area (Å²) in [6.07, 6.45) is 0. The Labute approximate surface area is 119 Å². The summed E-state index contributed by atoms with van der Waals surface area (Å²) < 4.78 is 1.75. The SMILES string of the molecule is N#Cc1cc(-c2cccs2)n(-c2cccc(Cl)c2)n1. The van der Waals surface area contributed by atoms with Gasteiger partial charge in [-0.3, -0.25) is 0 Å². The van der Waals surface area contributed by atoms with Crippen LogP contribution in [0.5, 0.6) is 0 Å². The third-order valence-electron chi connectivity index (χ3n) is 2.65. The summed E-state index contributed by atoms with van der Waals surface area (Å²) in [6.45, 7) is 0. The van der Waals surface area contributed by atoms with Crippen molar-refractivity contribution in [2.75, 3.05) is 0 Å². The Kier molecular flexibility index (Phi) is 3.08. The van der Waals surface area contributed by atoms with E-state index in [1.54, 1.807) is 22.1 Å². The summed E-state index contributed by atoms with van der Waals surface area (Å²) >= 11 is 7.62. The lowest BCUT2D eigenvalue weighted by Gasteiger charge is -2.06. The molecule has 0 saturated carbocycles. The highest BCUT2D eigenvalue weighted by Gasteiger charge is 2.12. The van der Waals surface area contributed by atoms with E-state index in [1.165, 1.54) is 0 Å². The second-order valence-electron chi connectivity index (χ2n) is 3.90. The molecule has 3 nitrogen and oxygen atoms in total. The largest absolute Gasteiger partial charge is 0.231 e. The Morgan fingerprint density at radius 1 is 1.21 bits per heavy atom. The van der Waals surface area contributed by atoms with Gasteiger partial charge in [-0.15, -0.1) is 11.3 Å². The minimum Gasteiger partial charge on any atom is -0.231 e. The van der Waals surface area contributed by atoms with Crippen molar-refractivity contribution in [1.82, 2.24) is 9.78 Å². The van der Waals surface area contributed by atoms with Crippen LogP contribution in [-0.2, 0) is 0 Å². The van der Waals surface area contributed by atoms with E-state index in [9.17, 15) is 0 Å². The van der Waals surface area contributed by atoms with Crippen LogP contribution in [0.1, 0.15) is 5.69 Å². The molecule has 0 atom stereocenters. The van der Waals surface area contributed by atoms with Crippen molar-refractivity contribution in [2.45, 2.75) is 0 Å². The molecule has 19 heavy (non-hydrogen) atoms. The summed E-state index contributed by atoms with van der Waals surface area (Å²) in [5.74, 6) is 0. The molecule has 0 unspecified atom stereocenters. The fourth-order valence-electron chi connectivity index (χ4n) is 1.84. The molecule has 1 aromatic carbocycles. The third-order valence-corrected chi connectivity index (χ3v) is 3.78. The third kappa shape index (κ3) is 2.26. The predicted octanol–water partition coefficient (Wildman–Crippen LogP) is 4.13. The lowest BCUT2D eigenvalue weighted by Crippen LogP contribution is -1.98. The Morgan fingerprint density at radius 2 is 2.11 bits per heavy atom. The molecule has 3 rings (SSSR count). The van der Waals surface area contributed by atoms with E-state index < -0.39 is 0 Å². The average molecular weight is 286 g/mol. The maximum Gasteiger partial charge on any atom is 0.163 e. The van der Waals surface area contributed by atoms with Crippen molar-refractivity contribution in [3.8, 4) is 22.3 Å². The maximum atomic E-state index is 9.03. The molecule has 0 saturated heterocycles. The molecule has 0 bridgehead atoms. The van der Waals surface area contributed by atoms with Crippen molar-refractivity contribution < 1.29 is 0 Å². The van der Waals surface area contributed by atoms with Crippen LogP contribution in [-0.4, -0.2) is 9.78 Å². The molecule has 5 heteroatoms. The summed E-state index contributed by atoms with van der Waals surface area (Å²) in [5, 5.41) is 16.0. The van der Waals surface area contributed by atoms with E-state index >= 15 is 0 Å². The van der Waals surface area contributed by atoms with Crippen LogP contribution in [0.25, 0.3) is 16.3 Å². The number of hydrogen-bond donors (Lipinski definition) is 0. The van der Waals surface area contributed by atoms with Crippen LogP contribution in [0.2, 0.25) is 5.02 Å².